The van der Waals surface area contributed by atoms with Crippen LogP contribution in [0, 0.1) is 0 Å². The number of amides is 1. The maximum absolute atomic E-state index is 12.4. The van der Waals surface area contributed by atoms with Crippen LogP contribution in [0.4, 0.5) is 0 Å². The lowest BCUT2D eigenvalue weighted by Crippen LogP contribution is -2.42. The highest BCUT2D eigenvalue weighted by molar-refractivity contribution is 8.01. The number of hydrogen-bond acceptors (Lipinski definition) is 7. The molecule has 2 fully saturated rings. The van der Waals surface area contributed by atoms with Crippen molar-refractivity contribution < 1.29 is 9.53 Å². The van der Waals surface area contributed by atoms with Gasteiger partial charge in [0.1, 0.15) is 0 Å². The molecule has 1 amide bonds. The largest absolute Gasteiger partial charge is 0.472 e. The van der Waals surface area contributed by atoms with Crippen LogP contribution >= 0.6 is 23.1 Å². The SMILES string of the molecule is COc1nnc(Sc2ccc(C(=O)NC3CC4CCC3N4)cc2)s1. The van der Waals surface area contributed by atoms with Gasteiger partial charge in [-0.15, -0.1) is 5.10 Å². The van der Waals surface area contributed by atoms with Gasteiger partial charge in [0, 0.05) is 28.6 Å². The van der Waals surface area contributed by atoms with E-state index in [1.807, 2.05) is 24.3 Å². The Balaban J connectivity index is 1.37. The second kappa shape index (κ2) is 6.70. The predicted octanol–water partition coefficient (Wildman–Crippen LogP) is 2.32. The highest BCUT2D eigenvalue weighted by Gasteiger charge is 2.39. The molecule has 2 saturated heterocycles. The molecule has 2 N–H and O–H groups in total. The fraction of sp³-hybridized carbons (Fsp3) is 0.438. The first-order valence-electron chi connectivity index (χ1n) is 7.93. The van der Waals surface area contributed by atoms with Crippen LogP contribution < -0.4 is 15.4 Å². The molecule has 3 heterocycles. The molecule has 126 valence electrons. The Bertz CT molecular complexity index is 734. The fourth-order valence-corrected chi connectivity index (χ4v) is 4.95. The normalized spacial score (nSPS) is 25.0. The summed E-state index contributed by atoms with van der Waals surface area (Å²) in [5, 5.41) is 15.2. The lowest BCUT2D eigenvalue weighted by molar-refractivity contribution is 0.0931. The quantitative estimate of drug-likeness (QED) is 0.850. The van der Waals surface area contributed by atoms with Gasteiger partial charge in [-0.05, 0) is 54.9 Å². The number of fused-ring (bicyclic) bond motifs is 2. The molecule has 2 aliphatic heterocycles. The van der Waals surface area contributed by atoms with E-state index in [4.69, 9.17) is 4.74 Å². The van der Waals surface area contributed by atoms with E-state index in [0.29, 0.717) is 22.8 Å². The molecule has 3 atom stereocenters. The van der Waals surface area contributed by atoms with E-state index in [1.165, 1.54) is 29.5 Å². The minimum Gasteiger partial charge on any atom is -0.472 e. The average molecular weight is 362 g/mol. The van der Waals surface area contributed by atoms with Crippen molar-refractivity contribution >= 4 is 29.0 Å². The van der Waals surface area contributed by atoms with E-state index in [-0.39, 0.29) is 11.9 Å². The summed E-state index contributed by atoms with van der Waals surface area (Å²) < 4.78 is 5.86. The molecule has 1 aromatic heterocycles. The van der Waals surface area contributed by atoms with Gasteiger partial charge in [-0.1, -0.05) is 16.9 Å². The van der Waals surface area contributed by atoms with Crippen molar-refractivity contribution in [3.05, 3.63) is 29.8 Å². The maximum Gasteiger partial charge on any atom is 0.294 e. The molecule has 0 aliphatic carbocycles. The van der Waals surface area contributed by atoms with Crippen LogP contribution in [0.15, 0.2) is 33.5 Å². The second-order valence-corrected chi connectivity index (χ2v) is 8.29. The van der Waals surface area contributed by atoms with Gasteiger partial charge in [0.15, 0.2) is 4.34 Å². The zero-order valence-corrected chi connectivity index (χ0v) is 14.8. The van der Waals surface area contributed by atoms with Crippen molar-refractivity contribution in [3.8, 4) is 5.19 Å². The van der Waals surface area contributed by atoms with Crippen LogP contribution in [0.1, 0.15) is 29.6 Å². The highest BCUT2D eigenvalue weighted by atomic mass is 32.2. The van der Waals surface area contributed by atoms with E-state index >= 15 is 0 Å². The molecule has 24 heavy (non-hydrogen) atoms. The Morgan fingerprint density at radius 2 is 2.17 bits per heavy atom. The van der Waals surface area contributed by atoms with E-state index in [1.54, 1.807) is 7.11 Å². The Kier molecular flexibility index (Phi) is 4.43. The lowest BCUT2D eigenvalue weighted by Gasteiger charge is -2.21. The van der Waals surface area contributed by atoms with Gasteiger partial charge in [0.25, 0.3) is 11.1 Å². The molecule has 2 aromatic rings. The van der Waals surface area contributed by atoms with Crippen molar-refractivity contribution in [2.24, 2.45) is 0 Å². The summed E-state index contributed by atoms with van der Waals surface area (Å²) in [4.78, 5) is 13.4. The molecule has 4 rings (SSSR count). The third-order valence-electron chi connectivity index (χ3n) is 4.50. The molecule has 8 heteroatoms. The van der Waals surface area contributed by atoms with Gasteiger partial charge in [0.05, 0.1) is 7.11 Å². The number of ether oxygens (including phenoxy) is 1. The summed E-state index contributed by atoms with van der Waals surface area (Å²) >= 11 is 2.91. The molecule has 2 aliphatic rings. The number of carbonyl (C=O) groups is 1. The summed E-state index contributed by atoms with van der Waals surface area (Å²) in [6.07, 6.45) is 3.44. The minimum absolute atomic E-state index is 0.00323. The number of hydrogen-bond donors (Lipinski definition) is 2. The van der Waals surface area contributed by atoms with E-state index in [2.05, 4.69) is 20.8 Å². The smallest absolute Gasteiger partial charge is 0.294 e. The number of nitrogens with one attached hydrogen (secondary N) is 2. The van der Waals surface area contributed by atoms with Crippen molar-refractivity contribution in [2.45, 2.75) is 46.6 Å². The van der Waals surface area contributed by atoms with Gasteiger partial charge >= 0.3 is 0 Å². The van der Waals surface area contributed by atoms with Crippen LogP contribution in [0.3, 0.4) is 0 Å². The summed E-state index contributed by atoms with van der Waals surface area (Å²) in [5.74, 6) is 0.00323. The minimum atomic E-state index is 0.00323. The van der Waals surface area contributed by atoms with E-state index in [9.17, 15) is 4.79 Å². The summed E-state index contributed by atoms with van der Waals surface area (Å²) in [7, 11) is 1.58. The van der Waals surface area contributed by atoms with Crippen molar-refractivity contribution in [1.82, 2.24) is 20.8 Å². The average Bonchev–Trinajstić information content (AvgIpc) is 3.32. The first-order chi connectivity index (χ1) is 11.7. The van der Waals surface area contributed by atoms with E-state index in [0.717, 1.165) is 22.1 Å². The van der Waals surface area contributed by atoms with Crippen LogP contribution in [0.25, 0.3) is 0 Å². The monoisotopic (exact) mass is 362 g/mol. The van der Waals surface area contributed by atoms with Gasteiger partial charge in [-0.2, -0.15) is 0 Å². The van der Waals surface area contributed by atoms with Crippen LogP contribution in [0.2, 0.25) is 0 Å². The van der Waals surface area contributed by atoms with Gasteiger partial charge in [-0.25, -0.2) is 0 Å². The molecule has 2 bridgehead atoms. The maximum atomic E-state index is 12.4. The number of aromatic nitrogens is 2. The molecule has 0 saturated carbocycles. The third-order valence-corrected chi connectivity index (χ3v) is 6.44. The first-order valence-corrected chi connectivity index (χ1v) is 9.57. The molecule has 0 spiro atoms. The zero-order valence-electron chi connectivity index (χ0n) is 13.2. The van der Waals surface area contributed by atoms with Gasteiger partial charge < -0.3 is 15.4 Å². The highest BCUT2D eigenvalue weighted by Crippen LogP contribution is 2.33. The van der Waals surface area contributed by atoms with E-state index < -0.39 is 0 Å². The number of methoxy groups -OCH3 is 1. The molecular formula is C16H18N4O2S2. The molecule has 1 aromatic carbocycles. The number of benzene rings is 1. The standard InChI is InChI=1S/C16H18N4O2S2/c1-22-15-19-20-16(24-15)23-11-5-2-9(3-6-11)14(21)18-13-8-10-4-7-12(13)17-10/h2-3,5-6,10,12-13,17H,4,7-8H2,1H3,(H,18,21). The second-order valence-electron chi connectivity index (χ2n) is 6.03. The van der Waals surface area contributed by atoms with Crippen molar-refractivity contribution in [3.63, 3.8) is 0 Å². The van der Waals surface area contributed by atoms with Gasteiger partial charge in [0.2, 0.25) is 0 Å². The Morgan fingerprint density at radius 3 is 2.79 bits per heavy atom. The Labute approximate surface area is 148 Å². The number of carbonyl (C=O) groups excluding carboxylic acids is 1. The van der Waals surface area contributed by atoms with Gasteiger partial charge in [-0.3, -0.25) is 4.79 Å². The summed E-state index contributed by atoms with van der Waals surface area (Å²) in [5.41, 5.74) is 0.692. The third kappa shape index (κ3) is 3.26. The topological polar surface area (TPSA) is 76.1 Å². The first kappa shape index (κ1) is 15.9. The van der Waals surface area contributed by atoms with Crippen LogP contribution in [-0.2, 0) is 0 Å². The molecule has 0 radical (unpaired) electrons. The number of rotatable bonds is 5. The zero-order chi connectivity index (χ0) is 16.5. The van der Waals surface area contributed by atoms with Crippen LogP contribution in [-0.4, -0.2) is 41.3 Å². The molecule has 6 nitrogen and oxygen atoms in total. The predicted molar refractivity (Wildman–Crippen MR) is 92.8 cm³/mol. The Morgan fingerprint density at radius 1 is 1.33 bits per heavy atom. The lowest BCUT2D eigenvalue weighted by atomic mass is 9.95. The van der Waals surface area contributed by atoms with Crippen molar-refractivity contribution in [1.29, 1.82) is 0 Å². The summed E-state index contributed by atoms with van der Waals surface area (Å²) in [6.45, 7) is 0. The van der Waals surface area contributed by atoms with Crippen molar-refractivity contribution in [2.75, 3.05) is 7.11 Å². The van der Waals surface area contributed by atoms with Crippen LogP contribution in [0.5, 0.6) is 5.19 Å². The molecular weight excluding hydrogens is 344 g/mol. The summed E-state index contributed by atoms with van der Waals surface area (Å²) in [6, 6.07) is 8.88. The fourth-order valence-electron chi connectivity index (χ4n) is 3.33. The molecule has 3 unspecified atom stereocenters. The number of nitrogens with zero attached hydrogens (tertiary/aromatic N) is 2. The Hall–Kier alpha value is -1.64.